The van der Waals surface area contributed by atoms with E-state index >= 15 is 0 Å². The minimum Gasteiger partial charge on any atom is -0.459 e. The average Bonchev–Trinajstić information content (AvgIpc) is 2.71. The van der Waals surface area contributed by atoms with Crippen molar-refractivity contribution in [3.8, 4) is 0 Å². The van der Waals surface area contributed by atoms with Crippen LogP contribution in [0.25, 0.3) is 0 Å². The van der Waals surface area contributed by atoms with Crippen molar-refractivity contribution in [2.24, 2.45) is 0 Å². The van der Waals surface area contributed by atoms with Crippen molar-refractivity contribution in [3.63, 3.8) is 0 Å². The van der Waals surface area contributed by atoms with Gasteiger partial charge in [0.25, 0.3) is 11.8 Å². The zero-order valence-corrected chi connectivity index (χ0v) is 14.5. The first kappa shape index (κ1) is 19.6. The van der Waals surface area contributed by atoms with Crippen LogP contribution in [0.3, 0.4) is 0 Å². The quantitative estimate of drug-likeness (QED) is 0.403. The molecule has 3 N–H and O–H groups in total. The Hall–Kier alpha value is -3.72. The predicted molar refractivity (Wildman–Crippen MR) is 94.4 cm³/mol. The predicted octanol–water partition coefficient (Wildman–Crippen LogP) is 0.573. The molecule has 0 spiro atoms. The van der Waals surface area contributed by atoms with E-state index in [9.17, 15) is 19.2 Å². The van der Waals surface area contributed by atoms with Crippen LogP contribution in [0, 0.1) is 0 Å². The van der Waals surface area contributed by atoms with Crippen molar-refractivity contribution in [2.75, 3.05) is 6.61 Å². The average molecular weight is 370 g/mol. The van der Waals surface area contributed by atoms with E-state index < -0.39 is 23.7 Å². The standard InChI is InChI=1S/C18H18N4O5/c1-2-27-18(26)16(24)20-22(17(25)14-11-7-4-8-12-14)21-19-15(23)13-9-5-3-6-10-13/h3-12,21H,2H2,1H3,(H,19,23)(H,20,24). The van der Waals surface area contributed by atoms with Gasteiger partial charge in [-0.2, -0.15) is 5.12 Å². The number of ether oxygens (including phenoxy) is 1. The molecule has 0 radical (unpaired) electrons. The van der Waals surface area contributed by atoms with Crippen LogP contribution in [-0.4, -0.2) is 35.4 Å². The van der Waals surface area contributed by atoms with Gasteiger partial charge in [-0.15, -0.1) is 5.53 Å². The number of hydrazine groups is 3. The van der Waals surface area contributed by atoms with E-state index in [4.69, 9.17) is 0 Å². The Bertz CT molecular complexity index is 811. The van der Waals surface area contributed by atoms with Gasteiger partial charge in [0.1, 0.15) is 0 Å². The van der Waals surface area contributed by atoms with Crippen LogP contribution in [0.2, 0.25) is 0 Å². The highest BCUT2D eigenvalue weighted by molar-refractivity contribution is 6.32. The van der Waals surface area contributed by atoms with Gasteiger partial charge in [0.2, 0.25) is 0 Å². The normalized spacial score (nSPS) is 9.81. The van der Waals surface area contributed by atoms with Gasteiger partial charge in [-0.05, 0) is 31.2 Å². The minimum absolute atomic E-state index is 0.00292. The van der Waals surface area contributed by atoms with Crippen LogP contribution in [-0.2, 0) is 14.3 Å². The number of carbonyl (C=O) groups is 4. The van der Waals surface area contributed by atoms with E-state index in [1.807, 2.05) is 0 Å². The molecule has 0 unspecified atom stereocenters. The Labute approximate surface area is 155 Å². The molecule has 0 atom stereocenters. The lowest BCUT2D eigenvalue weighted by molar-refractivity contribution is -0.157. The molecule has 0 bridgehead atoms. The fraction of sp³-hybridized carbons (Fsp3) is 0.111. The number of rotatable bonds is 5. The van der Waals surface area contributed by atoms with E-state index in [1.165, 1.54) is 19.1 Å². The molecule has 0 heterocycles. The van der Waals surface area contributed by atoms with Crippen LogP contribution >= 0.6 is 0 Å². The maximum absolute atomic E-state index is 12.6. The number of esters is 1. The molecule has 0 aliphatic carbocycles. The number of carbonyl (C=O) groups excluding carboxylic acids is 4. The summed E-state index contributed by atoms with van der Waals surface area (Å²) in [5.74, 6) is -3.60. The highest BCUT2D eigenvalue weighted by Crippen LogP contribution is 2.02. The molecule has 0 aliphatic heterocycles. The molecule has 9 nitrogen and oxygen atoms in total. The first-order chi connectivity index (χ1) is 13.0. The second kappa shape index (κ2) is 9.68. The molecule has 2 rings (SSSR count). The van der Waals surface area contributed by atoms with Gasteiger partial charge in [-0.25, -0.2) is 10.2 Å². The van der Waals surface area contributed by atoms with Gasteiger partial charge in [0.05, 0.1) is 6.61 Å². The topological polar surface area (TPSA) is 117 Å². The summed E-state index contributed by atoms with van der Waals surface area (Å²) in [4.78, 5) is 48.0. The third-order valence-electron chi connectivity index (χ3n) is 3.22. The number of amides is 3. The summed E-state index contributed by atoms with van der Waals surface area (Å²) >= 11 is 0. The number of hydrogen-bond acceptors (Lipinski definition) is 6. The largest absolute Gasteiger partial charge is 0.459 e. The van der Waals surface area contributed by atoms with Gasteiger partial charge >= 0.3 is 11.9 Å². The molecule has 0 aromatic heterocycles. The Morgan fingerprint density at radius 2 is 1.44 bits per heavy atom. The Morgan fingerprint density at radius 1 is 0.889 bits per heavy atom. The molecule has 0 saturated carbocycles. The fourth-order valence-electron chi connectivity index (χ4n) is 1.95. The van der Waals surface area contributed by atoms with E-state index in [0.29, 0.717) is 10.7 Å². The van der Waals surface area contributed by atoms with Gasteiger partial charge in [0.15, 0.2) is 0 Å². The number of nitrogens with one attached hydrogen (secondary N) is 3. The monoisotopic (exact) mass is 370 g/mol. The summed E-state index contributed by atoms with van der Waals surface area (Å²) < 4.78 is 4.58. The second-order valence-corrected chi connectivity index (χ2v) is 5.10. The lowest BCUT2D eigenvalue weighted by Crippen LogP contribution is -2.60. The summed E-state index contributed by atoms with van der Waals surface area (Å²) in [6, 6.07) is 16.2. The second-order valence-electron chi connectivity index (χ2n) is 5.10. The molecular weight excluding hydrogens is 352 g/mol. The van der Waals surface area contributed by atoms with Gasteiger partial charge in [-0.1, -0.05) is 36.4 Å². The van der Waals surface area contributed by atoms with E-state index in [-0.39, 0.29) is 12.2 Å². The van der Waals surface area contributed by atoms with Crippen molar-refractivity contribution < 1.29 is 23.9 Å². The maximum atomic E-state index is 12.6. The van der Waals surface area contributed by atoms with Gasteiger partial charge in [0, 0.05) is 11.1 Å². The SMILES string of the molecule is CCOC(=O)C(=O)NN(NNC(=O)c1ccccc1)C(=O)c1ccccc1. The van der Waals surface area contributed by atoms with E-state index in [1.54, 1.807) is 48.5 Å². The summed E-state index contributed by atoms with van der Waals surface area (Å²) in [6.07, 6.45) is 0. The van der Waals surface area contributed by atoms with E-state index in [2.05, 4.69) is 21.1 Å². The Morgan fingerprint density at radius 3 is 2.00 bits per heavy atom. The smallest absolute Gasteiger partial charge is 0.398 e. The molecule has 27 heavy (non-hydrogen) atoms. The van der Waals surface area contributed by atoms with Crippen LogP contribution < -0.4 is 16.4 Å². The zero-order chi connectivity index (χ0) is 19.6. The lowest BCUT2D eigenvalue weighted by atomic mass is 10.2. The molecule has 2 aromatic carbocycles. The molecule has 9 heteroatoms. The fourth-order valence-corrected chi connectivity index (χ4v) is 1.95. The first-order valence-corrected chi connectivity index (χ1v) is 8.01. The molecule has 140 valence electrons. The zero-order valence-electron chi connectivity index (χ0n) is 14.5. The van der Waals surface area contributed by atoms with Crippen LogP contribution in [0.15, 0.2) is 60.7 Å². The molecule has 2 aromatic rings. The summed E-state index contributed by atoms with van der Waals surface area (Å²) in [5, 5.41) is 0.593. The van der Waals surface area contributed by atoms with Crippen molar-refractivity contribution in [1.29, 1.82) is 0 Å². The third-order valence-corrected chi connectivity index (χ3v) is 3.22. The van der Waals surface area contributed by atoms with Gasteiger partial charge in [-0.3, -0.25) is 19.8 Å². The molecule has 3 amide bonds. The van der Waals surface area contributed by atoms with Crippen molar-refractivity contribution in [2.45, 2.75) is 6.92 Å². The molecule has 0 aliphatic rings. The van der Waals surface area contributed by atoms with Crippen LogP contribution in [0.5, 0.6) is 0 Å². The minimum atomic E-state index is -1.18. The Kier molecular flexibility index (Phi) is 7.03. The van der Waals surface area contributed by atoms with Crippen molar-refractivity contribution in [1.82, 2.24) is 21.5 Å². The summed E-state index contributed by atoms with van der Waals surface area (Å²) in [5.41, 5.74) is 7.15. The first-order valence-electron chi connectivity index (χ1n) is 8.01. The van der Waals surface area contributed by atoms with Crippen LogP contribution in [0.4, 0.5) is 0 Å². The maximum Gasteiger partial charge on any atom is 0.398 e. The summed E-state index contributed by atoms with van der Waals surface area (Å²) in [6.45, 7) is 1.54. The molecule has 0 saturated heterocycles. The lowest BCUT2D eigenvalue weighted by Gasteiger charge is -2.23. The van der Waals surface area contributed by atoms with Gasteiger partial charge < -0.3 is 4.74 Å². The highest BCUT2D eigenvalue weighted by Gasteiger charge is 2.23. The van der Waals surface area contributed by atoms with Crippen molar-refractivity contribution in [3.05, 3.63) is 71.8 Å². The van der Waals surface area contributed by atoms with Crippen molar-refractivity contribution >= 4 is 23.7 Å². The molecular formula is C18H18N4O5. The number of nitrogens with zero attached hydrogens (tertiary/aromatic N) is 1. The van der Waals surface area contributed by atoms with Crippen LogP contribution in [0.1, 0.15) is 27.6 Å². The third kappa shape index (κ3) is 5.65. The Balaban J connectivity index is 2.11. The number of benzene rings is 2. The number of hydrogen-bond donors (Lipinski definition) is 3. The van der Waals surface area contributed by atoms with E-state index in [0.717, 1.165) is 0 Å². The molecule has 0 fully saturated rings. The summed E-state index contributed by atoms with van der Waals surface area (Å²) in [7, 11) is 0. The highest BCUT2D eigenvalue weighted by atomic mass is 16.5.